The van der Waals surface area contributed by atoms with E-state index in [0.29, 0.717) is 5.69 Å². The number of carbonyl (C=O) groups is 2. The van der Waals surface area contributed by atoms with Crippen LogP contribution in [-0.4, -0.2) is 51.1 Å². The summed E-state index contributed by atoms with van der Waals surface area (Å²) >= 11 is 0. The van der Waals surface area contributed by atoms with Crippen LogP contribution in [0.5, 0.6) is 0 Å². The number of aromatic nitrogens is 1. The fraction of sp³-hybridized carbons (Fsp3) is 0.333. The summed E-state index contributed by atoms with van der Waals surface area (Å²) in [7, 11) is 1.50. The maximum absolute atomic E-state index is 12.7. The SMILES string of the molecule is [2H]C([2H])(O)C([2H])([2H])NC1=CC(=O)c2c(c(CO)c(/C=C/CO)n2C)C1=O. The lowest BCUT2D eigenvalue weighted by Crippen LogP contribution is -2.29. The molecule has 1 aliphatic carbocycles. The van der Waals surface area contributed by atoms with E-state index in [0.717, 1.165) is 6.08 Å². The second-order valence-electron chi connectivity index (χ2n) is 4.50. The van der Waals surface area contributed by atoms with Gasteiger partial charge in [-0.2, -0.15) is 0 Å². The summed E-state index contributed by atoms with van der Waals surface area (Å²) in [5.41, 5.74) is -0.260. The number of aliphatic hydroxyl groups is 3. The number of Topliss-reactive ketones (excluding diaryl/α,β-unsaturated/α-hetero) is 1. The Morgan fingerprint density at radius 2 is 2.09 bits per heavy atom. The van der Waals surface area contributed by atoms with Crippen LogP contribution in [0.2, 0.25) is 0 Å². The van der Waals surface area contributed by atoms with Crippen LogP contribution in [0.1, 0.15) is 37.6 Å². The summed E-state index contributed by atoms with van der Waals surface area (Å²) in [5.74, 6) is -1.48. The van der Waals surface area contributed by atoms with E-state index in [4.69, 9.17) is 10.6 Å². The van der Waals surface area contributed by atoms with Crippen LogP contribution in [-0.2, 0) is 13.7 Å². The molecule has 0 aromatic carbocycles. The van der Waals surface area contributed by atoms with E-state index in [2.05, 4.69) is 0 Å². The summed E-state index contributed by atoms with van der Waals surface area (Å²) < 4.78 is 30.6. The number of rotatable bonds is 6. The van der Waals surface area contributed by atoms with Gasteiger partial charge in [0.2, 0.25) is 11.6 Å². The fourth-order valence-electron chi connectivity index (χ4n) is 2.42. The Labute approximate surface area is 132 Å². The van der Waals surface area contributed by atoms with Crippen molar-refractivity contribution in [3.8, 4) is 0 Å². The number of aliphatic hydroxyl groups excluding tert-OH is 2. The second-order valence-corrected chi connectivity index (χ2v) is 4.50. The number of nitrogens with zero attached hydrogens (tertiary/aromatic N) is 1. The van der Waals surface area contributed by atoms with Gasteiger partial charge in [-0.05, 0) is 6.08 Å². The molecule has 0 saturated heterocycles. The first kappa shape index (κ1) is 11.4. The summed E-state index contributed by atoms with van der Waals surface area (Å²) in [6.07, 6.45) is 3.61. The molecule has 0 amide bonds. The number of nitrogens with one attached hydrogen (secondary N) is 1. The number of allylic oxidation sites excluding steroid dienone is 2. The number of fused-ring (bicyclic) bond motifs is 1. The average Bonchev–Trinajstić information content (AvgIpc) is 2.81. The van der Waals surface area contributed by atoms with E-state index in [1.165, 1.54) is 23.8 Å². The minimum Gasteiger partial charge on any atom is -0.395 e. The molecular formula is C15H18N2O5. The maximum Gasteiger partial charge on any atom is 0.211 e. The van der Waals surface area contributed by atoms with Gasteiger partial charge in [0.25, 0.3) is 0 Å². The Morgan fingerprint density at radius 3 is 2.68 bits per heavy atom. The maximum atomic E-state index is 12.7. The largest absolute Gasteiger partial charge is 0.395 e. The van der Waals surface area contributed by atoms with Crippen LogP contribution in [0.4, 0.5) is 0 Å². The Bertz CT molecular complexity index is 821. The summed E-state index contributed by atoms with van der Waals surface area (Å²) in [6, 6.07) is 0. The third-order valence-corrected chi connectivity index (χ3v) is 3.32. The molecule has 118 valence electrons. The molecule has 1 heterocycles. The first-order valence-electron chi connectivity index (χ1n) is 8.37. The summed E-state index contributed by atoms with van der Waals surface area (Å²) in [6.45, 7) is -7.24. The van der Waals surface area contributed by atoms with Gasteiger partial charge in [-0.15, -0.1) is 0 Å². The van der Waals surface area contributed by atoms with Crippen molar-refractivity contribution in [1.29, 1.82) is 0 Å². The Kier molecular flexibility index (Phi) is 3.46. The van der Waals surface area contributed by atoms with Crippen molar-refractivity contribution < 1.29 is 30.4 Å². The van der Waals surface area contributed by atoms with Crippen molar-refractivity contribution in [2.45, 2.75) is 6.61 Å². The predicted octanol–water partition coefficient (Wildman–Crippen LogP) is -0.632. The molecule has 4 N–H and O–H groups in total. The van der Waals surface area contributed by atoms with Gasteiger partial charge in [0.1, 0.15) is 5.69 Å². The molecule has 0 aliphatic heterocycles. The molecule has 7 nitrogen and oxygen atoms in total. The lowest BCUT2D eigenvalue weighted by atomic mass is 9.95. The van der Waals surface area contributed by atoms with Crippen LogP contribution >= 0.6 is 0 Å². The van der Waals surface area contributed by atoms with Crippen molar-refractivity contribution in [3.05, 3.63) is 40.4 Å². The molecule has 0 bridgehead atoms. The second kappa shape index (κ2) is 6.69. The van der Waals surface area contributed by atoms with Crippen molar-refractivity contribution in [1.82, 2.24) is 9.88 Å². The van der Waals surface area contributed by atoms with E-state index in [1.54, 1.807) is 0 Å². The zero-order valence-corrected chi connectivity index (χ0v) is 11.8. The van der Waals surface area contributed by atoms with E-state index < -0.39 is 36.9 Å². The molecule has 0 fully saturated rings. The minimum atomic E-state index is -3.32. The van der Waals surface area contributed by atoms with Gasteiger partial charge >= 0.3 is 0 Å². The third kappa shape index (κ3) is 2.61. The highest BCUT2D eigenvalue weighted by Crippen LogP contribution is 2.29. The van der Waals surface area contributed by atoms with Crippen LogP contribution in [0.15, 0.2) is 17.8 Å². The van der Waals surface area contributed by atoms with Gasteiger partial charge < -0.3 is 25.2 Å². The molecule has 0 saturated carbocycles. The van der Waals surface area contributed by atoms with Crippen LogP contribution in [0.3, 0.4) is 0 Å². The highest BCUT2D eigenvalue weighted by molar-refractivity contribution is 6.24. The topological polar surface area (TPSA) is 112 Å². The minimum absolute atomic E-state index is 0.0187. The molecule has 0 radical (unpaired) electrons. The lowest BCUT2D eigenvalue weighted by Gasteiger charge is -2.15. The standard InChI is InChI=1S/C15H18N2O5/c1-17-11(3-2-5-18)9(8-20)13-14(17)12(21)7-10(15(13)22)16-4-6-19/h2-3,7,16,18-20H,4-6,8H2,1H3/b3-2+/i4D2,6D2. The van der Waals surface area contributed by atoms with E-state index in [-0.39, 0.29) is 23.4 Å². The first-order chi connectivity index (χ1) is 12.0. The Balaban J connectivity index is 2.57. The molecule has 1 aromatic heterocycles. The highest BCUT2D eigenvalue weighted by atomic mass is 16.3. The highest BCUT2D eigenvalue weighted by Gasteiger charge is 2.33. The van der Waals surface area contributed by atoms with Gasteiger partial charge in [0.15, 0.2) is 0 Å². The van der Waals surface area contributed by atoms with Crippen LogP contribution in [0.25, 0.3) is 6.08 Å². The quantitative estimate of drug-likeness (QED) is 0.556. The van der Waals surface area contributed by atoms with E-state index in [1.807, 2.05) is 5.32 Å². The van der Waals surface area contributed by atoms with Crippen LogP contribution in [0, 0.1) is 0 Å². The molecule has 7 heteroatoms. The normalized spacial score (nSPS) is 18.5. The number of hydrogen-bond acceptors (Lipinski definition) is 6. The third-order valence-electron chi connectivity index (χ3n) is 3.32. The fourth-order valence-corrected chi connectivity index (χ4v) is 2.42. The van der Waals surface area contributed by atoms with E-state index >= 15 is 0 Å². The Morgan fingerprint density at radius 1 is 1.36 bits per heavy atom. The first-order valence-corrected chi connectivity index (χ1v) is 6.37. The lowest BCUT2D eigenvalue weighted by molar-refractivity contribution is 0.0971. The van der Waals surface area contributed by atoms with Crippen LogP contribution < -0.4 is 5.32 Å². The molecule has 0 spiro atoms. The van der Waals surface area contributed by atoms with Crippen molar-refractivity contribution >= 4 is 17.6 Å². The smallest absolute Gasteiger partial charge is 0.211 e. The molecule has 1 aliphatic rings. The molecule has 0 unspecified atom stereocenters. The summed E-state index contributed by atoms with van der Waals surface area (Å²) in [4.78, 5) is 25.2. The monoisotopic (exact) mass is 310 g/mol. The zero-order valence-electron chi connectivity index (χ0n) is 15.8. The zero-order chi connectivity index (χ0) is 19.9. The van der Waals surface area contributed by atoms with Crippen molar-refractivity contribution in [3.63, 3.8) is 0 Å². The molecule has 1 aromatic rings. The molecule has 22 heavy (non-hydrogen) atoms. The van der Waals surface area contributed by atoms with E-state index in [9.17, 15) is 19.8 Å². The molecular weight excluding hydrogens is 288 g/mol. The van der Waals surface area contributed by atoms with Crippen molar-refractivity contribution in [2.75, 3.05) is 19.7 Å². The average molecular weight is 310 g/mol. The molecule has 2 rings (SSSR count). The van der Waals surface area contributed by atoms with Crippen molar-refractivity contribution in [2.24, 2.45) is 7.05 Å². The Hall–Kier alpha value is -2.22. The van der Waals surface area contributed by atoms with Gasteiger partial charge in [-0.25, -0.2) is 0 Å². The van der Waals surface area contributed by atoms with Gasteiger partial charge in [0, 0.05) is 30.9 Å². The van der Waals surface area contributed by atoms with Gasteiger partial charge in [0.05, 0.1) is 36.5 Å². The number of hydrogen-bond donors (Lipinski definition) is 4. The number of carbonyl (C=O) groups excluding carboxylic acids is 2. The van der Waals surface area contributed by atoms with Gasteiger partial charge in [-0.3, -0.25) is 9.59 Å². The molecule has 0 atom stereocenters. The summed E-state index contributed by atoms with van der Waals surface area (Å²) in [5, 5.41) is 29.8. The number of ketones is 2. The predicted molar refractivity (Wildman–Crippen MR) is 79.3 cm³/mol. The van der Waals surface area contributed by atoms with Gasteiger partial charge in [-0.1, -0.05) is 6.08 Å².